The van der Waals surface area contributed by atoms with E-state index >= 15 is 0 Å². The molecule has 0 aliphatic rings. The van der Waals surface area contributed by atoms with Gasteiger partial charge in [-0.15, -0.1) is 6.42 Å². The van der Waals surface area contributed by atoms with Crippen molar-refractivity contribution in [1.29, 1.82) is 0 Å². The summed E-state index contributed by atoms with van der Waals surface area (Å²) in [5.74, 6) is 3.09. The standard InChI is InChI=1S/C14H17NO2/c1-4-10-15(3)14(16)12-6-8-13(9-7-12)17-11-5-2/h2,6-9H,4,10-11H2,1,3H3. The topological polar surface area (TPSA) is 29.5 Å². The number of carbonyl (C=O) groups is 1. The fraction of sp³-hybridized carbons (Fsp3) is 0.357. The lowest BCUT2D eigenvalue weighted by Gasteiger charge is -2.16. The molecule has 90 valence electrons. The molecule has 0 spiro atoms. The first-order chi connectivity index (χ1) is 8.19. The van der Waals surface area contributed by atoms with E-state index in [1.54, 1.807) is 36.2 Å². The average Bonchev–Trinajstić information content (AvgIpc) is 2.36. The number of terminal acetylenes is 1. The minimum absolute atomic E-state index is 0.0235. The molecule has 0 aliphatic carbocycles. The highest BCUT2D eigenvalue weighted by molar-refractivity contribution is 5.94. The van der Waals surface area contributed by atoms with Gasteiger partial charge in [0, 0.05) is 19.2 Å². The predicted molar refractivity (Wildman–Crippen MR) is 68.0 cm³/mol. The SMILES string of the molecule is C#CCOc1ccc(C(=O)N(C)CCC)cc1. The lowest BCUT2D eigenvalue weighted by Crippen LogP contribution is -2.27. The van der Waals surface area contributed by atoms with Gasteiger partial charge >= 0.3 is 0 Å². The van der Waals surface area contributed by atoms with Crippen LogP contribution in [0, 0.1) is 12.3 Å². The van der Waals surface area contributed by atoms with Crippen LogP contribution in [0.5, 0.6) is 5.75 Å². The molecule has 0 saturated heterocycles. The Morgan fingerprint density at radius 2 is 2.06 bits per heavy atom. The highest BCUT2D eigenvalue weighted by Gasteiger charge is 2.10. The van der Waals surface area contributed by atoms with Gasteiger partial charge in [0.2, 0.25) is 0 Å². The van der Waals surface area contributed by atoms with Crippen molar-refractivity contribution in [3.63, 3.8) is 0 Å². The van der Waals surface area contributed by atoms with Crippen molar-refractivity contribution in [3.05, 3.63) is 29.8 Å². The summed E-state index contributed by atoms with van der Waals surface area (Å²) in [7, 11) is 1.80. The zero-order valence-electron chi connectivity index (χ0n) is 10.3. The average molecular weight is 231 g/mol. The highest BCUT2D eigenvalue weighted by atomic mass is 16.5. The molecule has 1 aromatic carbocycles. The minimum Gasteiger partial charge on any atom is -0.481 e. The van der Waals surface area contributed by atoms with Crippen LogP contribution in [-0.4, -0.2) is 31.0 Å². The van der Waals surface area contributed by atoms with E-state index in [-0.39, 0.29) is 12.5 Å². The normalized spacial score (nSPS) is 9.47. The number of amides is 1. The summed E-state index contributed by atoms with van der Waals surface area (Å²) < 4.78 is 5.24. The van der Waals surface area contributed by atoms with Crippen molar-refractivity contribution in [2.24, 2.45) is 0 Å². The van der Waals surface area contributed by atoms with E-state index in [9.17, 15) is 4.79 Å². The van der Waals surface area contributed by atoms with E-state index in [2.05, 4.69) is 5.92 Å². The molecule has 0 atom stereocenters. The predicted octanol–water partition coefficient (Wildman–Crippen LogP) is 2.18. The summed E-state index contributed by atoms with van der Waals surface area (Å²) in [6, 6.07) is 7.01. The van der Waals surface area contributed by atoms with Gasteiger partial charge in [0.1, 0.15) is 12.4 Å². The number of nitrogens with zero attached hydrogens (tertiary/aromatic N) is 1. The molecule has 0 fully saturated rings. The molecule has 0 bridgehead atoms. The molecule has 0 radical (unpaired) electrons. The first-order valence-electron chi connectivity index (χ1n) is 5.60. The Labute approximate surface area is 102 Å². The number of rotatable bonds is 5. The van der Waals surface area contributed by atoms with Gasteiger partial charge in [0.15, 0.2) is 0 Å². The number of ether oxygens (including phenoxy) is 1. The maximum absolute atomic E-state index is 11.9. The van der Waals surface area contributed by atoms with Crippen LogP contribution in [0.4, 0.5) is 0 Å². The number of hydrogen-bond donors (Lipinski definition) is 0. The van der Waals surface area contributed by atoms with Crippen molar-refractivity contribution in [2.75, 3.05) is 20.2 Å². The summed E-state index contributed by atoms with van der Waals surface area (Å²) in [4.78, 5) is 13.6. The largest absolute Gasteiger partial charge is 0.481 e. The Morgan fingerprint density at radius 1 is 1.41 bits per heavy atom. The molecule has 3 heteroatoms. The van der Waals surface area contributed by atoms with Crippen molar-refractivity contribution >= 4 is 5.91 Å². The highest BCUT2D eigenvalue weighted by Crippen LogP contribution is 2.13. The lowest BCUT2D eigenvalue weighted by atomic mass is 10.2. The van der Waals surface area contributed by atoms with E-state index in [0.29, 0.717) is 11.3 Å². The van der Waals surface area contributed by atoms with Crippen molar-refractivity contribution in [2.45, 2.75) is 13.3 Å². The molecule has 0 unspecified atom stereocenters. The monoisotopic (exact) mass is 231 g/mol. The van der Waals surface area contributed by atoms with E-state index in [0.717, 1.165) is 13.0 Å². The zero-order valence-corrected chi connectivity index (χ0v) is 10.3. The van der Waals surface area contributed by atoms with Gasteiger partial charge in [-0.25, -0.2) is 0 Å². The lowest BCUT2D eigenvalue weighted by molar-refractivity contribution is 0.0795. The van der Waals surface area contributed by atoms with E-state index in [1.165, 1.54) is 0 Å². The van der Waals surface area contributed by atoms with Crippen LogP contribution >= 0.6 is 0 Å². The van der Waals surface area contributed by atoms with Gasteiger partial charge in [0.25, 0.3) is 5.91 Å². The molecule has 0 heterocycles. The molecule has 3 nitrogen and oxygen atoms in total. The van der Waals surface area contributed by atoms with Crippen LogP contribution in [0.1, 0.15) is 23.7 Å². The molecule has 17 heavy (non-hydrogen) atoms. The minimum atomic E-state index is 0.0235. The van der Waals surface area contributed by atoms with E-state index < -0.39 is 0 Å². The Hall–Kier alpha value is -1.95. The quantitative estimate of drug-likeness (QED) is 0.727. The Kier molecular flexibility index (Phi) is 5.09. The van der Waals surface area contributed by atoms with Crippen LogP contribution in [0.15, 0.2) is 24.3 Å². The smallest absolute Gasteiger partial charge is 0.253 e. The second-order valence-electron chi connectivity index (χ2n) is 3.74. The van der Waals surface area contributed by atoms with Crippen LogP contribution < -0.4 is 4.74 Å². The Balaban J connectivity index is 2.67. The number of hydrogen-bond acceptors (Lipinski definition) is 2. The van der Waals surface area contributed by atoms with E-state index in [1.807, 2.05) is 6.92 Å². The summed E-state index contributed by atoms with van der Waals surface area (Å²) >= 11 is 0. The second kappa shape index (κ2) is 6.59. The van der Waals surface area contributed by atoms with Crippen molar-refractivity contribution in [3.8, 4) is 18.1 Å². The third kappa shape index (κ3) is 3.84. The number of carbonyl (C=O) groups excluding carboxylic acids is 1. The van der Waals surface area contributed by atoms with Gasteiger partial charge in [-0.05, 0) is 30.7 Å². The van der Waals surface area contributed by atoms with Crippen molar-refractivity contribution < 1.29 is 9.53 Å². The van der Waals surface area contributed by atoms with Crippen LogP contribution in [0.2, 0.25) is 0 Å². The Morgan fingerprint density at radius 3 is 2.59 bits per heavy atom. The third-order valence-corrected chi connectivity index (χ3v) is 2.33. The fourth-order valence-electron chi connectivity index (χ4n) is 1.48. The van der Waals surface area contributed by atoms with Gasteiger partial charge in [-0.2, -0.15) is 0 Å². The molecule has 1 rings (SSSR count). The van der Waals surface area contributed by atoms with Crippen LogP contribution in [0.3, 0.4) is 0 Å². The first kappa shape index (κ1) is 13.1. The van der Waals surface area contributed by atoms with Gasteiger partial charge < -0.3 is 9.64 Å². The summed E-state index contributed by atoms with van der Waals surface area (Å²) in [6.45, 7) is 3.04. The van der Waals surface area contributed by atoms with Crippen LogP contribution in [0.25, 0.3) is 0 Å². The summed E-state index contributed by atoms with van der Waals surface area (Å²) in [5.41, 5.74) is 0.661. The van der Waals surface area contributed by atoms with Gasteiger partial charge in [-0.1, -0.05) is 12.8 Å². The second-order valence-corrected chi connectivity index (χ2v) is 3.74. The Bertz CT molecular complexity index is 403. The first-order valence-corrected chi connectivity index (χ1v) is 5.60. The van der Waals surface area contributed by atoms with Crippen LogP contribution in [-0.2, 0) is 0 Å². The fourth-order valence-corrected chi connectivity index (χ4v) is 1.48. The molecule has 0 saturated carbocycles. The molecule has 1 amide bonds. The maximum Gasteiger partial charge on any atom is 0.253 e. The molecule has 0 aromatic heterocycles. The molecule has 1 aromatic rings. The molecular weight excluding hydrogens is 214 g/mol. The van der Waals surface area contributed by atoms with Crippen molar-refractivity contribution in [1.82, 2.24) is 4.90 Å². The zero-order chi connectivity index (χ0) is 12.7. The maximum atomic E-state index is 11.9. The molecule has 0 N–H and O–H groups in total. The third-order valence-electron chi connectivity index (χ3n) is 2.33. The van der Waals surface area contributed by atoms with E-state index in [4.69, 9.17) is 11.2 Å². The summed E-state index contributed by atoms with van der Waals surface area (Å²) in [6.07, 6.45) is 6.04. The van der Waals surface area contributed by atoms with Gasteiger partial charge in [-0.3, -0.25) is 4.79 Å². The number of benzene rings is 1. The van der Waals surface area contributed by atoms with Gasteiger partial charge in [0.05, 0.1) is 0 Å². The molecule has 0 aliphatic heterocycles. The molecular formula is C14H17NO2. The summed E-state index contributed by atoms with van der Waals surface area (Å²) in [5, 5.41) is 0.